The summed E-state index contributed by atoms with van der Waals surface area (Å²) in [4.78, 5) is 11.0. The minimum absolute atomic E-state index is 0.0843. The average Bonchev–Trinajstić information content (AvgIpc) is 1.95. The molecule has 0 aromatic heterocycles. The second kappa shape index (κ2) is 3.77. The summed E-state index contributed by atoms with van der Waals surface area (Å²) in [5, 5.41) is 5.99. The summed E-state index contributed by atoms with van der Waals surface area (Å²) in [5.74, 6) is 0.138. The first kappa shape index (κ1) is 8.61. The van der Waals surface area contributed by atoms with Crippen LogP contribution in [0.25, 0.3) is 0 Å². The molecule has 0 radical (unpaired) electrons. The first-order valence-corrected chi connectivity index (χ1v) is 5.48. The topological polar surface area (TPSA) is 41.1 Å². The van der Waals surface area contributed by atoms with Crippen molar-refractivity contribution >= 4 is 40.3 Å². The Bertz CT molecular complexity index is 144. The van der Waals surface area contributed by atoms with Crippen LogP contribution in [0.2, 0.25) is 0 Å². The zero-order chi connectivity index (χ0) is 7.56. The molecule has 1 heterocycles. The van der Waals surface area contributed by atoms with Gasteiger partial charge in [0.2, 0.25) is 5.91 Å². The smallest absolute Gasteiger partial charge is 0.236 e. The molecule has 58 valence electrons. The van der Waals surface area contributed by atoms with E-state index in [1.54, 1.807) is 11.8 Å². The fraction of sp³-hybridized carbons (Fsp3) is 0.800. The number of nitrogens with one attached hydrogen (secondary N) is 2. The fourth-order valence-corrected chi connectivity index (χ4v) is 1.65. The van der Waals surface area contributed by atoms with E-state index in [0.29, 0.717) is 0 Å². The molecule has 1 aliphatic heterocycles. The highest BCUT2D eigenvalue weighted by atomic mass is 127. The van der Waals surface area contributed by atoms with Crippen molar-refractivity contribution in [2.45, 2.75) is 9.42 Å². The van der Waals surface area contributed by atoms with Gasteiger partial charge in [0.1, 0.15) is 9.42 Å². The van der Waals surface area contributed by atoms with Crippen LogP contribution in [0.1, 0.15) is 0 Å². The Morgan fingerprint density at radius 2 is 2.50 bits per heavy atom. The van der Waals surface area contributed by atoms with Gasteiger partial charge in [0.05, 0.1) is 0 Å². The molecule has 0 saturated carbocycles. The van der Waals surface area contributed by atoms with Crippen molar-refractivity contribution in [2.75, 3.05) is 12.8 Å². The highest BCUT2D eigenvalue weighted by Gasteiger charge is 2.23. The van der Waals surface area contributed by atoms with Gasteiger partial charge in [0.25, 0.3) is 0 Å². The molecule has 0 aliphatic carbocycles. The standard InChI is InChI=1S/C5H9IN2OS/c1-10-5-7-2-3(6)4(9)8-5/h3,5,7H,2H2,1H3,(H,8,9). The Morgan fingerprint density at radius 1 is 1.80 bits per heavy atom. The van der Waals surface area contributed by atoms with Crippen LogP contribution < -0.4 is 10.6 Å². The lowest BCUT2D eigenvalue weighted by molar-refractivity contribution is -0.121. The number of thioether (sulfide) groups is 1. The van der Waals surface area contributed by atoms with Crippen molar-refractivity contribution in [1.82, 2.24) is 10.6 Å². The van der Waals surface area contributed by atoms with Crippen molar-refractivity contribution in [2.24, 2.45) is 0 Å². The zero-order valence-electron chi connectivity index (χ0n) is 5.56. The van der Waals surface area contributed by atoms with E-state index < -0.39 is 0 Å². The molecule has 0 aromatic carbocycles. The first-order chi connectivity index (χ1) is 4.74. The molecule has 10 heavy (non-hydrogen) atoms. The number of rotatable bonds is 1. The quantitative estimate of drug-likeness (QED) is 0.527. The van der Waals surface area contributed by atoms with Crippen LogP contribution in [0.3, 0.4) is 0 Å². The highest BCUT2D eigenvalue weighted by Crippen LogP contribution is 2.08. The molecule has 1 saturated heterocycles. The number of carbonyl (C=O) groups excluding carboxylic acids is 1. The van der Waals surface area contributed by atoms with Gasteiger partial charge >= 0.3 is 0 Å². The van der Waals surface area contributed by atoms with Gasteiger partial charge < -0.3 is 5.32 Å². The lowest BCUT2D eigenvalue weighted by Crippen LogP contribution is -2.54. The SMILES string of the molecule is CSC1NCC(I)C(=O)N1. The third-order valence-electron chi connectivity index (χ3n) is 1.28. The monoisotopic (exact) mass is 272 g/mol. The van der Waals surface area contributed by atoms with Gasteiger partial charge in [-0.3, -0.25) is 10.1 Å². The minimum Gasteiger partial charge on any atom is -0.331 e. The van der Waals surface area contributed by atoms with Crippen LogP contribution in [0.15, 0.2) is 0 Å². The van der Waals surface area contributed by atoms with Gasteiger partial charge in [-0.2, -0.15) is 0 Å². The molecule has 2 N–H and O–H groups in total. The second-order valence-corrected chi connectivity index (χ2v) is 4.45. The van der Waals surface area contributed by atoms with Crippen molar-refractivity contribution in [3.05, 3.63) is 0 Å². The summed E-state index contributed by atoms with van der Waals surface area (Å²) in [6.45, 7) is 0.776. The van der Waals surface area contributed by atoms with Gasteiger partial charge in [-0.05, 0) is 6.26 Å². The number of hydrogen-bond acceptors (Lipinski definition) is 3. The highest BCUT2D eigenvalue weighted by molar-refractivity contribution is 14.1. The van der Waals surface area contributed by atoms with Crippen molar-refractivity contribution in [3.8, 4) is 0 Å². The zero-order valence-corrected chi connectivity index (χ0v) is 8.53. The van der Waals surface area contributed by atoms with E-state index in [2.05, 4.69) is 33.2 Å². The van der Waals surface area contributed by atoms with Crippen LogP contribution in [-0.4, -0.2) is 28.1 Å². The maximum Gasteiger partial charge on any atom is 0.236 e. The Hall–Kier alpha value is 0.510. The molecule has 1 rings (SSSR count). The van der Waals surface area contributed by atoms with E-state index in [1.807, 2.05) is 6.26 Å². The van der Waals surface area contributed by atoms with Gasteiger partial charge in [0.15, 0.2) is 0 Å². The van der Waals surface area contributed by atoms with Crippen LogP contribution >= 0.6 is 34.4 Å². The normalized spacial score (nSPS) is 33.6. The van der Waals surface area contributed by atoms with E-state index in [4.69, 9.17) is 0 Å². The molecule has 2 atom stereocenters. The maximum atomic E-state index is 11.0. The van der Waals surface area contributed by atoms with Gasteiger partial charge in [-0.1, -0.05) is 22.6 Å². The predicted molar refractivity (Wildman–Crippen MR) is 51.3 cm³/mol. The summed E-state index contributed by atoms with van der Waals surface area (Å²) >= 11 is 3.73. The fourth-order valence-electron chi connectivity index (χ4n) is 0.716. The molecule has 2 unspecified atom stereocenters. The Balaban J connectivity index is 2.41. The van der Waals surface area contributed by atoms with Crippen LogP contribution in [0, 0.1) is 0 Å². The van der Waals surface area contributed by atoms with Crippen molar-refractivity contribution in [1.29, 1.82) is 0 Å². The Kier molecular flexibility index (Phi) is 3.25. The summed E-state index contributed by atoms with van der Waals surface area (Å²) in [7, 11) is 0. The van der Waals surface area contributed by atoms with Crippen LogP contribution in [0.5, 0.6) is 0 Å². The summed E-state index contributed by atoms with van der Waals surface area (Å²) in [5.41, 5.74) is 0.110. The lowest BCUT2D eigenvalue weighted by Gasteiger charge is -2.26. The Labute approximate surface area is 77.8 Å². The lowest BCUT2D eigenvalue weighted by atomic mass is 10.3. The summed E-state index contributed by atoms with van der Waals surface area (Å²) < 4.78 is 0.0843. The summed E-state index contributed by atoms with van der Waals surface area (Å²) in [6.07, 6.45) is 1.96. The average molecular weight is 272 g/mol. The molecule has 1 aliphatic rings. The first-order valence-electron chi connectivity index (χ1n) is 2.94. The van der Waals surface area contributed by atoms with E-state index >= 15 is 0 Å². The van der Waals surface area contributed by atoms with Gasteiger partial charge in [0, 0.05) is 6.54 Å². The number of alkyl halides is 1. The predicted octanol–water partition coefficient (Wildman–Crippen LogP) is 0.156. The number of carbonyl (C=O) groups is 1. The molecular formula is C5H9IN2OS. The molecule has 0 aromatic rings. The third-order valence-corrected chi connectivity index (χ3v) is 3.04. The number of amides is 1. The molecule has 3 nitrogen and oxygen atoms in total. The molecule has 5 heteroatoms. The molecule has 1 amide bonds. The van der Waals surface area contributed by atoms with Gasteiger partial charge in [-0.25, -0.2) is 0 Å². The molecular weight excluding hydrogens is 263 g/mol. The van der Waals surface area contributed by atoms with Gasteiger partial charge in [-0.15, -0.1) is 11.8 Å². The van der Waals surface area contributed by atoms with Crippen LogP contribution in [-0.2, 0) is 4.79 Å². The summed E-state index contributed by atoms with van der Waals surface area (Å²) in [6, 6.07) is 0. The largest absolute Gasteiger partial charge is 0.331 e. The van der Waals surface area contributed by atoms with E-state index in [0.717, 1.165) is 6.54 Å². The van der Waals surface area contributed by atoms with Crippen LogP contribution in [0.4, 0.5) is 0 Å². The molecule has 0 bridgehead atoms. The number of hydrogen-bond donors (Lipinski definition) is 2. The molecule has 1 fully saturated rings. The van der Waals surface area contributed by atoms with E-state index in [9.17, 15) is 4.79 Å². The van der Waals surface area contributed by atoms with E-state index in [1.165, 1.54) is 0 Å². The minimum atomic E-state index is 0.0843. The second-order valence-electron chi connectivity index (χ2n) is 2.00. The van der Waals surface area contributed by atoms with Crippen molar-refractivity contribution < 1.29 is 4.79 Å². The number of halogens is 1. The molecule has 0 spiro atoms. The van der Waals surface area contributed by atoms with E-state index in [-0.39, 0.29) is 15.3 Å². The third kappa shape index (κ3) is 2.00. The van der Waals surface area contributed by atoms with Crippen molar-refractivity contribution in [3.63, 3.8) is 0 Å². The Morgan fingerprint density at radius 3 is 3.00 bits per heavy atom. The maximum absolute atomic E-state index is 11.0.